The third kappa shape index (κ3) is 4.35. The van der Waals surface area contributed by atoms with E-state index in [9.17, 15) is 4.79 Å². The van der Waals surface area contributed by atoms with Crippen molar-refractivity contribution in [2.75, 3.05) is 10.6 Å². The molecule has 2 N–H and O–H groups in total. The Labute approximate surface area is 159 Å². The SMILES string of the molecule is CCc1ccc(NC(=S)Nc2ccccc2C(=O)c2ccccc2)cc1. The number of carbonyl (C=O) groups excluding carboxylic acids is 1. The molecule has 0 saturated heterocycles. The van der Waals surface area contributed by atoms with Crippen molar-refractivity contribution in [1.82, 2.24) is 0 Å². The van der Waals surface area contributed by atoms with Crippen LogP contribution in [-0.2, 0) is 6.42 Å². The van der Waals surface area contributed by atoms with E-state index >= 15 is 0 Å². The van der Waals surface area contributed by atoms with Gasteiger partial charge in [0.2, 0.25) is 0 Å². The highest BCUT2D eigenvalue weighted by atomic mass is 32.1. The zero-order chi connectivity index (χ0) is 18.4. The molecule has 3 nitrogen and oxygen atoms in total. The fraction of sp³-hybridized carbons (Fsp3) is 0.0909. The van der Waals surface area contributed by atoms with Crippen molar-refractivity contribution in [3.05, 3.63) is 95.6 Å². The van der Waals surface area contributed by atoms with Crippen LogP contribution in [0.15, 0.2) is 78.9 Å². The van der Waals surface area contributed by atoms with Crippen LogP contribution in [0.4, 0.5) is 11.4 Å². The second kappa shape index (κ2) is 8.41. The first-order valence-corrected chi connectivity index (χ1v) is 8.94. The molecule has 26 heavy (non-hydrogen) atoms. The highest BCUT2D eigenvalue weighted by molar-refractivity contribution is 7.80. The summed E-state index contributed by atoms with van der Waals surface area (Å²) in [6.07, 6.45) is 0.998. The van der Waals surface area contributed by atoms with Crippen LogP contribution in [0.5, 0.6) is 0 Å². The second-order valence-electron chi connectivity index (χ2n) is 5.87. The standard InChI is InChI=1S/C22H20N2OS/c1-2-16-12-14-18(15-13-16)23-22(26)24-20-11-7-6-10-19(20)21(25)17-8-4-3-5-9-17/h3-15H,2H2,1H3,(H2,23,24,26). The molecular formula is C22H20N2OS. The average Bonchev–Trinajstić information content (AvgIpc) is 2.69. The molecule has 3 aromatic carbocycles. The third-order valence-electron chi connectivity index (χ3n) is 4.08. The summed E-state index contributed by atoms with van der Waals surface area (Å²) in [7, 11) is 0. The molecule has 0 bridgehead atoms. The fourth-order valence-electron chi connectivity index (χ4n) is 2.64. The number of anilines is 2. The summed E-state index contributed by atoms with van der Waals surface area (Å²) in [5, 5.41) is 6.74. The highest BCUT2D eigenvalue weighted by Gasteiger charge is 2.13. The first kappa shape index (κ1) is 17.8. The molecule has 0 saturated carbocycles. The van der Waals surface area contributed by atoms with E-state index in [-0.39, 0.29) is 5.78 Å². The number of thiocarbonyl (C=S) groups is 1. The molecule has 0 atom stereocenters. The molecule has 0 aliphatic heterocycles. The van der Waals surface area contributed by atoms with Gasteiger partial charge in [0.05, 0.1) is 5.69 Å². The van der Waals surface area contributed by atoms with Crippen molar-refractivity contribution in [3.8, 4) is 0 Å². The van der Waals surface area contributed by atoms with E-state index in [4.69, 9.17) is 12.2 Å². The smallest absolute Gasteiger partial charge is 0.195 e. The van der Waals surface area contributed by atoms with Crippen molar-refractivity contribution < 1.29 is 4.79 Å². The van der Waals surface area contributed by atoms with Crippen molar-refractivity contribution in [2.45, 2.75) is 13.3 Å². The van der Waals surface area contributed by atoms with E-state index in [1.165, 1.54) is 5.56 Å². The van der Waals surface area contributed by atoms with Crippen LogP contribution in [0.25, 0.3) is 0 Å². The Morgan fingerprint density at radius 1 is 0.846 bits per heavy atom. The lowest BCUT2D eigenvalue weighted by Crippen LogP contribution is -2.20. The molecule has 0 aliphatic carbocycles. The summed E-state index contributed by atoms with van der Waals surface area (Å²) in [6, 6.07) is 24.7. The number of ketones is 1. The van der Waals surface area contributed by atoms with Crippen LogP contribution in [-0.4, -0.2) is 10.9 Å². The highest BCUT2D eigenvalue weighted by Crippen LogP contribution is 2.20. The largest absolute Gasteiger partial charge is 0.332 e. The predicted octanol–water partition coefficient (Wildman–Crippen LogP) is 5.29. The van der Waals surface area contributed by atoms with Crippen LogP contribution in [0.3, 0.4) is 0 Å². The van der Waals surface area contributed by atoms with Crippen LogP contribution in [0, 0.1) is 0 Å². The molecule has 4 heteroatoms. The molecule has 0 unspecified atom stereocenters. The van der Waals surface area contributed by atoms with Gasteiger partial charge in [-0.05, 0) is 48.5 Å². The number of hydrogen-bond acceptors (Lipinski definition) is 2. The Bertz CT molecular complexity index is 905. The van der Waals surface area contributed by atoms with Gasteiger partial charge in [0.1, 0.15) is 0 Å². The lowest BCUT2D eigenvalue weighted by Gasteiger charge is -2.14. The zero-order valence-electron chi connectivity index (χ0n) is 14.5. The molecule has 0 radical (unpaired) electrons. The van der Waals surface area contributed by atoms with Gasteiger partial charge in [-0.25, -0.2) is 0 Å². The van der Waals surface area contributed by atoms with E-state index in [1.54, 1.807) is 6.07 Å². The number of aryl methyl sites for hydroxylation is 1. The van der Waals surface area contributed by atoms with Gasteiger partial charge >= 0.3 is 0 Å². The lowest BCUT2D eigenvalue weighted by atomic mass is 10.0. The van der Waals surface area contributed by atoms with Crippen LogP contribution in [0.1, 0.15) is 28.4 Å². The maximum absolute atomic E-state index is 12.8. The van der Waals surface area contributed by atoms with Crippen molar-refractivity contribution in [1.29, 1.82) is 0 Å². The molecule has 3 rings (SSSR count). The molecule has 3 aromatic rings. The number of carbonyl (C=O) groups is 1. The molecule has 0 aromatic heterocycles. The van der Waals surface area contributed by atoms with E-state index in [2.05, 4.69) is 29.7 Å². The van der Waals surface area contributed by atoms with Gasteiger partial charge in [-0.15, -0.1) is 0 Å². The molecular weight excluding hydrogens is 340 g/mol. The normalized spacial score (nSPS) is 10.2. The number of hydrogen-bond donors (Lipinski definition) is 2. The molecule has 0 amide bonds. The second-order valence-corrected chi connectivity index (χ2v) is 6.28. The Morgan fingerprint density at radius 3 is 2.19 bits per heavy atom. The minimum atomic E-state index is -0.0381. The van der Waals surface area contributed by atoms with E-state index < -0.39 is 0 Å². The quantitative estimate of drug-likeness (QED) is 0.479. The summed E-state index contributed by atoms with van der Waals surface area (Å²) in [4.78, 5) is 12.8. The first-order chi connectivity index (χ1) is 12.7. The predicted molar refractivity (Wildman–Crippen MR) is 112 cm³/mol. The first-order valence-electron chi connectivity index (χ1n) is 8.53. The number of para-hydroxylation sites is 1. The average molecular weight is 360 g/mol. The molecule has 0 fully saturated rings. The maximum atomic E-state index is 12.8. The maximum Gasteiger partial charge on any atom is 0.195 e. The van der Waals surface area contributed by atoms with Gasteiger partial charge in [0.15, 0.2) is 10.9 Å². The van der Waals surface area contributed by atoms with Crippen molar-refractivity contribution in [2.24, 2.45) is 0 Å². The van der Waals surface area contributed by atoms with Crippen LogP contribution in [0.2, 0.25) is 0 Å². The number of rotatable bonds is 5. The number of nitrogens with one attached hydrogen (secondary N) is 2. The summed E-state index contributed by atoms with van der Waals surface area (Å²) < 4.78 is 0. The molecule has 130 valence electrons. The van der Waals surface area contributed by atoms with Crippen LogP contribution < -0.4 is 10.6 Å². The summed E-state index contributed by atoms with van der Waals surface area (Å²) in [6.45, 7) is 2.12. The Morgan fingerprint density at radius 2 is 1.50 bits per heavy atom. The van der Waals surface area contributed by atoms with Crippen molar-refractivity contribution in [3.63, 3.8) is 0 Å². The molecule has 0 heterocycles. The van der Waals surface area contributed by atoms with Gasteiger partial charge < -0.3 is 10.6 Å². The van der Waals surface area contributed by atoms with Crippen LogP contribution >= 0.6 is 12.2 Å². The molecule has 0 spiro atoms. The van der Waals surface area contributed by atoms with E-state index in [0.717, 1.165) is 12.1 Å². The summed E-state index contributed by atoms with van der Waals surface area (Å²) in [5.41, 5.74) is 4.10. The third-order valence-corrected chi connectivity index (χ3v) is 4.28. The van der Waals surface area contributed by atoms with Gasteiger partial charge in [0, 0.05) is 16.8 Å². The fourth-order valence-corrected chi connectivity index (χ4v) is 2.87. The van der Waals surface area contributed by atoms with Gasteiger partial charge in [-0.2, -0.15) is 0 Å². The van der Waals surface area contributed by atoms with E-state index in [1.807, 2.05) is 60.7 Å². The number of benzene rings is 3. The van der Waals surface area contributed by atoms with Gasteiger partial charge in [0.25, 0.3) is 0 Å². The topological polar surface area (TPSA) is 41.1 Å². The molecule has 0 aliphatic rings. The Hall–Kier alpha value is -2.98. The monoisotopic (exact) mass is 360 g/mol. The minimum absolute atomic E-state index is 0.0381. The Kier molecular flexibility index (Phi) is 5.77. The van der Waals surface area contributed by atoms with Gasteiger partial charge in [-0.1, -0.05) is 61.5 Å². The Balaban J connectivity index is 1.75. The van der Waals surface area contributed by atoms with Crippen molar-refractivity contribution >= 4 is 34.5 Å². The summed E-state index contributed by atoms with van der Waals surface area (Å²) in [5.74, 6) is -0.0381. The van der Waals surface area contributed by atoms with E-state index in [0.29, 0.717) is 21.9 Å². The zero-order valence-corrected chi connectivity index (χ0v) is 15.3. The summed E-state index contributed by atoms with van der Waals surface area (Å²) >= 11 is 5.41. The minimum Gasteiger partial charge on any atom is -0.332 e. The lowest BCUT2D eigenvalue weighted by molar-refractivity contribution is 0.103. The van der Waals surface area contributed by atoms with Gasteiger partial charge in [-0.3, -0.25) is 4.79 Å².